The fourth-order valence-electron chi connectivity index (χ4n) is 2.82. The number of rotatable bonds is 3. The second-order valence-corrected chi connectivity index (χ2v) is 5.90. The molecule has 3 rings (SSSR count). The molecule has 1 aliphatic heterocycles. The molecule has 1 aliphatic rings. The summed E-state index contributed by atoms with van der Waals surface area (Å²) in [6, 6.07) is 10.7. The van der Waals surface area contributed by atoms with Gasteiger partial charge in [0.2, 0.25) is 0 Å². The zero-order chi connectivity index (χ0) is 19.2. The highest BCUT2D eigenvalue weighted by Gasteiger charge is 2.38. The van der Waals surface area contributed by atoms with Gasteiger partial charge in [-0.2, -0.15) is 18.0 Å². The average molecular weight is 371 g/mol. The number of carboxylic acid groups (broad SMARTS) is 1. The molecule has 1 saturated heterocycles. The van der Waals surface area contributed by atoms with Gasteiger partial charge in [-0.3, -0.25) is 0 Å². The molecular formula is C16H20F3N5O2. The van der Waals surface area contributed by atoms with Crippen LogP contribution in [0.3, 0.4) is 0 Å². The molecule has 1 aromatic carbocycles. The van der Waals surface area contributed by atoms with Crippen molar-refractivity contribution in [2.24, 2.45) is 5.92 Å². The molecule has 0 aliphatic carbocycles. The number of piperidine rings is 1. The number of aliphatic carboxylic acids is 1. The standard InChI is InChI=1S/C14H19N5.C2HF3O2/c1-11-16-18-19(17-11)14(12-5-3-2-4-6-12)13-7-9-15-10-8-13;3-2(4,5)1(6)7/h2-6,13-15H,7-10H2,1H3;(H,6,7). The number of carbonyl (C=O) groups is 1. The van der Waals surface area contributed by atoms with E-state index in [2.05, 4.69) is 45.0 Å². The Bertz CT molecular complexity index is 699. The van der Waals surface area contributed by atoms with E-state index in [1.54, 1.807) is 4.80 Å². The molecule has 1 aromatic heterocycles. The summed E-state index contributed by atoms with van der Waals surface area (Å²) in [5.41, 5.74) is 1.27. The fraction of sp³-hybridized carbons (Fsp3) is 0.500. The zero-order valence-corrected chi connectivity index (χ0v) is 14.1. The van der Waals surface area contributed by atoms with E-state index in [0.29, 0.717) is 5.92 Å². The minimum Gasteiger partial charge on any atom is -0.475 e. The number of benzene rings is 1. The number of hydrogen-bond donors (Lipinski definition) is 2. The van der Waals surface area contributed by atoms with Crippen LogP contribution in [0.4, 0.5) is 13.2 Å². The molecule has 0 bridgehead atoms. The van der Waals surface area contributed by atoms with E-state index in [1.807, 2.05) is 13.0 Å². The smallest absolute Gasteiger partial charge is 0.475 e. The summed E-state index contributed by atoms with van der Waals surface area (Å²) < 4.78 is 31.7. The first-order chi connectivity index (χ1) is 12.3. The minimum absolute atomic E-state index is 0.199. The van der Waals surface area contributed by atoms with Gasteiger partial charge >= 0.3 is 12.1 Å². The lowest BCUT2D eigenvalue weighted by molar-refractivity contribution is -0.192. The van der Waals surface area contributed by atoms with Gasteiger partial charge < -0.3 is 10.4 Å². The Morgan fingerprint density at radius 3 is 2.31 bits per heavy atom. The lowest BCUT2D eigenvalue weighted by Crippen LogP contribution is -2.34. The quantitative estimate of drug-likeness (QED) is 0.859. The summed E-state index contributed by atoms with van der Waals surface area (Å²) in [6.45, 7) is 4.03. The largest absolute Gasteiger partial charge is 0.490 e. The Hall–Kier alpha value is -2.49. The molecule has 2 heterocycles. The SMILES string of the molecule is Cc1nnn(C(c2ccccc2)C2CCNCC2)n1.O=C(O)C(F)(F)F. The lowest BCUT2D eigenvalue weighted by Gasteiger charge is -2.30. The van der Waals surface area contributed by atoms with Crippen LogP contribution < -0.4 is 5.32 Å². The third-order valence-corrected chi connectivity index (χ3v) is 3.99. The Balaban J connectivity index is 0.000000298. The minimum atomic E-state index is -5.08. The Morgan fingerprint density at radius 2 is 1.85 bits per heavy atom. The van der Waals surface area contributed by atoms with E-state index in [4.69, 9.17) is 9.90 Å². The van der Waals surface area contributed by atoms with Gasteiger partial charge in [0, 0.05) is 0 Å². The number of carboxylic acids is 1. The van der Waals surface area contributed by atoms with E-state index < -0.39 is 12.1 Å². The highest BCUT2D eigenvalue weighted by Crippen LogP contribution is 2.31. The maximum atomic E-state index is 10.6. The summed E-state index contributed by atoms with van der Waals surface area (Å²) in [5, 5.41) is 23.2. The van der Waals surface area contributed by atoms with Crippen molar-refractivity contribution in [2.75, 3.05) is 13.1 Å². The van der Waals surface area contributed by atoms with Crippen molar-refractivity contribution in [1.82, 2.24) is 25.5 Å². The first kappa shape index (κ1) is 19.8. The van der Waals surface area contributed by atoms with Crippen LogP contribution in [0.2, 0.25) is 0 Å². The van der Waals surface area contributed by atoms with Crippen molar-refractivity contribution in [3.8, 4) is 0 Å². The van der Waals surface area contributed by atoms with Crippen LogP contribution in [0.15, 0.2) is 30.3 Å². The lowest BCUT2D eigenvalue weighted by atomic mass is 9.86. The predicted molar refractivity (Wildman–Crippen MR) is 86.4 cm³/mol. The number of halogens is 3. The highest BCUT2D eigenvalue weighted by molar-refractivity contribution is 5.73. The molecule has 10 heteroatoms. The fourth-order valence-corrected chi connectivity index (χ4v) is 2.82. The van der Waals surface area contributed by atoms with Crippen LogP contribution in [0.1, 0.15) is 30.3 Å². The molecule has 0 saturated carbocycles. The normalized spacial score (nSPS) is 16.5. The van der Waals surface area contributed by atoms with E-state index in [1.165, 1.54) is 5.56 Å². The van der Waals surface area contributed by atoms with Crippen LogP contribution in [-0.4, -0.2) is 50.5 Å². The van der Waals surface area contributed by atoms with Crippen molar-refractivity contribution < 1.29 is 23.1 Å². The third kappa shape index (κ3) is 5.51. The molecule has 1 unspecified atom stereocenters. The molecule has 26 heavy (non-hydrogen) atoms. The van der Waals surface area contributed by atoms with Crippen LogP contribution >= 0.6 is 0 Å². The summed E-state index contributed by atoms with van der Waals surface area (Å²) in [5.74, 6) is -1.46. The summed E-state index contributed by atoms with van der Waals surface area (Å²) >= 11 is 0. The third-order valence-electron chi connectivity index (χ3n) is 3.99. The second-order valence-electron chi connectivity index (χ2n) is 5.90. The molecule has 7 nitrogen and oxygen atoms in total. The summed E-state index contributed by atoms with van der Waals surface area (Å²) in [4.78, 5) is 10.7. The number of alkyl halides is 3. The number of aromatic nitrogens is 4. The van der Waals surface area contributed by atoms with Gasteiger partial charge in [0.1, 0.15) is 6.04 Å². The molecule has 2 N–H and O–H groups in total. The monoisotopic (exact) mass is 371 g/mol. The molecule has 1 fully saturated rings. The van der Waals surface area contributed by atoms with Gasteiger partial charge in [-0.05, 0) is 49.5 Å². The van der Waals surface area contributed by atoms with E-state index >= 15 is 0 Å². The molecule has 0 radical (unpaired) electrons. The molecule has 2 aromatic rings. The Labute approximate surface area is 148 Å². The van der Waals surface area contributed by atoms with Crippen LogP contribution in [-0.2, 0) is 4.79 Å². The van der Waals surface area contributed by atoms with Crippen molar-refractivity contribution in [3.63, 3.8) is 0 Å². The molecule has 0 amide bonds. The Kier molecular flexibility index (Phi) is 6.67. The molecule has 142 valence electrons. The van der Waals surface area contributed by atoms with E-state index in [-0.39, 0.29) is 6.04 Å². The number of tetrazole rings is 1. The van der Waals surface area contributed by atoms with Gasteiger partial charge in [-0.25, -0.2) is 4.79 Å². The van der Waals surface area contributed by atoms with Crippen molar-refractivity contribution >= 4 is 5.97 Å². The number of hydrogen-bond acceptors (Lipinski definition) is 5. The van der Waals surface area contributed by atoms with Crippen molar-refractivity contribution in [1.29, 1.82) is 0 Å². The van der Waals surface area contributed by atoms with Gasteiger partial charge in [-0.15, -0.1) is 10.2 Å². The van der Waals surface area contributed by atoms with Gasteiger partial charge in [0.15, 0.2) is 5.82 Å². The van der Waals surface area contributed by atoms with E-state index in [0.717, 1.165) is 31.8 Å². The maximum Gasteiger partial charge on any atom is 0.490 e. The number of nitrogens with zero attached hydrogens (tertiary/aromatic N) is 4. The number of nitrogens with one attached hydrogen (secondary N) is 1. The summed E-state index contributed by atoms with van der Waals surface area (Å²) in [7, 11) is 0. The van der Waals surface area contributed by atoms with Crippen LogP contribution in [0.25, 0.3) is 0 Å². The molecule has 1 atom stereocenters. The van der Waals surface area contributed by atoms with Crippen molar-refractivity contribution in [2.45, 2.75) is 32.0 Å². The van der Waals surface area contributed by atoms with E-state index in [9.17, 15) is 13.2 Å². The van der Waals surface area contributed by atoms with Crippen LogP contribution in [0, 0.1) is 12.8 Å². The topological polar surface area (TPSA) is 92.9 Å². The predicted octanol–water partition coefficient (Wildman–Crippen LogP) is 2.20. The van der Waals surface area contributed by atoms with Gasteiger partial charge in [0.25, 0.3) is 0 Å². The van der Waals surface area contributed by atoms with Gasteiger partial charge in [0.05, 0.1) is 0 Å². The molecular weight excluding hydrogens is 351 g/mol. The second kappa shape index (κ2) is 8.75. The Morgan fingerprint density at radius 1 is 1.27 bits per heavy atom. The molecule has 0 spiro atoms. The van der Waals surface area contributed by atoms with Gasteiger partial charge in [-0.1, -0.05) is 30.3 Å². The zero-order valence-electron chi connectivity index (χ0n) is 14.1. The average Bonchev–Trinajstić information content (AvgIpc) is 3.03. The maximum absolute atomic E-state index is 10.6. The highest BCUT2D eigenvalue weighted by atomic mass is 19.4. The summed E-state index contributed by atoms with van der Waals surface area (Å²) in [6.07, 6.45) is -2.78. The first-order valence-corrected chi connectivity index (χ1v) is 8.11. The first-order valence-electron chi connectivity index (χ1n) is 8.11. The number of aryl methyl sites for hydroxylation is 1. The van der Waals surface area contributed by atoms with Crippen molar-refractivity contribution in [3.05, 3.63) is 41.7 Å². The van der Waals surface area contributed by atoms with Crippen LogP contribution in [0.5, 0.6) is 0 Å².